The van der Waals surface area contributed by atoms with Crippen LogP contribution in [-0.2, 0) is 4.79 Å². The Morgan fingerprint density at radius 3 is 2.92 bits per heavy atom. The van der Waals surface area contributed by atoms with Crippen molar-refractivity contribution >= 4 is 5.78 Å². The second-order valence-corrected chi connectivity index (χ2v) is 10.4. The minimum atomic E-state index is -0.0919. The molecule has 0 amide bonds. The highest BCUT2D eigenvalue weighted by Gasteiger charge is 2.76. The molecule has 0 aromatic rings. The van der Waals surface area contributed by atoms with Gasteiger partial charge in [-0.2, -0.15) is 0 Å². The van der Waals surface area contributed by atoms with Crippen molar-refractivity contribution in [1.29, 1.82) is 0 Å². The lowest BCUT2D eigenvalue weighted by Gasteiger charge is -2.58. The van der Waals surface area contributed by atoms with Gasteiger partial charge in [-0.25, -0.2) is 0 Å². The summed E-state index contributed by atoms with van der Waals surface area (Å²) < 4.78 is 0. The number of carbonyl (C=O) groups is 1. The number of allylic oxidation sites excluding steroid dienone is 1. The first kappa shape index (κ1) is 16.5. The van der Waals surface area contributed by atoms with Crippen molar-refractivity contribution in [3.8, 4) is 0 Å². The molecule has 0 aromatic carbocycles. The van der Waals surface area contributed by atoms with Gasteiger partial charge < -0.3 is 5.11 Å². The van der Waals surface area contributed by atoms with Gasteiger partial charge in [-0.3, -0.25) is 4.79 Å². The molecule has 0 radical (unpaired) electrons. The van der Waals surface area contributed by atoms with E-state index in [9.17, 15) is 9.90 Å². The van der Waals surface area contributed by atoms with Crippen LogP contribution in [0.4, 0.5) is 0 Å². The summed E-state index contributed by atoms with van der Waals surface area (Å²) in [5.41, 5.74) is 2.09. The van der Waals surface area contributed by atoms with Crippen LogP contribution in [0.15, 0.2) is 11.6 Å². The summed E-state index contributed by atoms with van der Waals surface area (Å²) >= 11 is 0. The number of rotatable bonds is 2. The van der Waals surface area contributed by atoms with Crippen molar-refractivity contribution in [3.63, 3.8) is 0 Å². The van der Waals surface area contributed by atoms with Gasteiger partial charge in [-0.15, -0.1) is 0 Å². The monoisotopic (exact) mass is 342 g/mol. The first-order valence-electron chi connectivity index (χ1n) is 10.8. The van der Waals surface area contributed by atoms with Crippen molar-refractivity contribution in [1.82, 2.24) is 0 Å². The lowest BCUT2D eigenvalue weighted by Crippen LogP contribution is -2.52. The van der Waals surface area contributed by atoms with Crippen molar-refractivity contribution in [3.05, 3.63) is 11.6 Å². The first-order valence-corrected chi connectivity index (χ1v) is 10.8. The molecule has 9 atom stereocenters. The molecule has 4 saturated carbocycles. The Labute approximate surface area is 152 Å². The molecule has 1 N–H and O–H groups in total. The fourth-order valence-corrected chi connectivity index (χ4v) is 8.73. The summed E-state index contributed by atoms with van der Waals surface area (Å²) in [4.78, 5) is 11.9. The van der Waals surface area contributed by atoms with Gasteiger partial charge in [0.2, 0.25) is 0 Å². The molecule has 5 aliphatic carbocycles. The molecule has 0 bridgehead atoms. The van der Waals surface area contributed by atoms with E-state index in [1.54, 1.807) is 0 Å². The van der Waals surface area contributed by atoms with Crippen LogP contribution in [0.5, 0.6) is 0 Å². The zero-order chi connectivity index (χ0) is 17.6. The van der Waals surface area contributed by atoms with Crippen molar-refractivity contribution < 1.29 is 9.90 Å². The highest BCUT2D eigenvalue weighted by molar-refractivity contribution is 5.91. The summed E-state index contributed by atoms with van der Waals surface area (Å²) in [5, 5.41) is 10.9. The fraction of sp³-hybridized carbons (Fsp3) is 0.870. The number of aliphatic hydroxyl groups is 1. The number of ketones is 1. The van der Waals surface area contributed by atoms with Gasteiger partial charge >= 0.3 is 0 Å². The average Bonchev–Trinajstić information content (AvgIpc) is 3.26. The molecular weight excluding hydrogens is 308 g/mol. The summed E-state index contributed by atoms with van der Waals surface area (Å²) in [6.45, 7) is 7.16. The van der Waals surface area contributed by atoms with Crippen molar-refractivity contribution in [2.24, 2.45) is 46.3 Å². The Morgan fingerprint density at radius 1 is 1.36 bits per heavy atom. The highest BCUT2D eigenvalue weighted by Crippen LogP contribution is 2.81. The smallest absolute Gasteiger partial charge is 0.155 e. The summed E-state index contributed by atoms with van der Waals surface area (Å²) in [7, 11) is 0. The molecule has 0 unspecified atom stereocenters. The predicted molar refractivity (Wildman–Crippen MR) is 98.9 cm³/mol. The van der Waals surface area contributed by atoms with E-state index < -0.39 is 0 Å². The maximum atomic E-state index is 11.9. The fourth-order valence-electron chi connectivity index (χ4n) is 8.73. The Kier molecular flexibility index (Phi) is 3.45. The van der Waals surface area contributed by atoms with Gasteiger partial charge in [0.15, 0.2) is 5.78 Å². The molecule has 5 rings (SSSR count). The van der Waals surface area contributed by atoms with Crippen LogP contribution in [0, 0.1) is 46.3 Å². The number of hydrogen-bond donors (Lipinski definition) is 1. The molecule has 0 aliphatic heterocycles. The van der Waals surface area contributed by atoms with E-state index in [0.29, 0.717) is 23.0 Å². The van der Waals surface area contributed by atoms with Crippen molar-refractivity contribution in [2.45, 2.75) is 78.2 Å². The predicted octanol–water partition coefficient (Wildman–Crippen LogP) is 4.76. The quantitative estimate of drug-likeness (QED) is 0.785. The lowest BCUT2D eigenvalue weighted by atomic mass is 9.47. The van der Waals surface area contributed by atoms with Crippen LogP contribution < -0.4 is 0 Å². The largest absolute Gasteiger partial charge is 0.393 e. The molecule has 25 heavy (non-hydrogen) atoms. The number of fused-ring (bicyclic) bond motifs is 7. The van der Waals surface area contributed by atoms with Gasteiger partial charge in [0.1, 0.15) is 0 Å². The molecule has 0 spiro atoms. The number of carbonyl (C=O) groups excluding carboxylic acids is 1. The van der Waals surface area contributed by atoms with Crippen LogP contribution in [-0.4, -0.2) is 17.0 Å². The third-order valence-corrected chi connectivity index (χ3v) is 9.77. The van der Waals surface area contributed by atoms with E-state index in [4.69, 9.17) is 0 Å². The normalized spacial score (nSPS) is 54.7. The third kappa shape index (κ3) is 1.93. The van der Waals surface area contributed by atoms with Gasteiger partial charge in [0.25, 0.3) is 0 Å². The van der Waals surface area contributed by atoms with Crippen molar-refractivity contribution in [2.75, 3.05) is 0 Å². The maximum absolute atomic E-state index is 11.9. The van der Waals surface area contributed by atoms with Crippen LogP contribution in [0.3, 0.4) is 0 Å². The Bertz CT molecular complexity index is 636. The minimum absolute atomic E-state index is 0.0919. The Balaban J connectivity index is 1.49. The number of aliphatic hydroxyl groups excluding tert-OH is 1. The second kappa shape index (κ2) is 5.21. The highest BCUT2D eigenvalue weighted by atomic mass is 16.3. The Morgan fingerprint density at radius 2 is 2.16 bits per heavy atom. The standard InChI is InChI=1S/C23H34O2/c1-4-20(25)23-12-15(23)11-19-21-13(2)9-14-10-16(24)5-6-17(14)18(21)7-8-22(19,23)3/h10,13,15,17-21,25H,4-9,11-12H2,1-3H3/t13-,15-,17+,18-,19-,20+,21-,22+,23+/m1/s1. The zero-order valence-electron chi connectivity index (χ0n) is 16.1. The lowest BCUT2D eigenvalue weighted by molar-refractivity contribution is -0.117. The minimum Gasteiger partial charge on any atom is -0.393 e. The van der Waals surface area contributed by atoms with E-state index >= 15 is 0 Å². The Hall–Kier alpha value is -0.630. The summed E-state index contributed by atoms with van der Waals surface area (Å²) in [6.07, 6.45) is 11.1. The van der Waals surface area contributed by atoms with Crippen LogP contribution in [0.25, 0.3) is 0 Å². The molecule has 0 saturated heterocycles. The van der Waals surface area contributed by atoms with Gasteiger partial charge in [0.05, 0.1) is 6.10 Å². The molecule has 4 fully saturated rings. The molecule has 0 heterocycles. The van der Waals surface area contributed by atoms with Crippen LogP contribution >= 0.6 is 0 Å². The molecular formula is C23H34O2. The molecule has 138 valence electrons. The SMILES string of the molecule is CC[C@H](O)[C@]12C[C@H]1C[C@@H]1[C@H]3[C@H](CC[C@@]12C)[C@H]1CCC(=O)C=C1C[C@H]3C. The third-order valence-electron chi connectivity index (χ3n) is 9.77. The van der Waals surface area contributed by atoms with E-state index in [1.165, 1.54) is 31.3 Å². The van der Waals surface area contributed by atoms with E-state index in [1.807, 2.05) is 6.08 Å². The van der Waals surface area contributed by atoms with Crippen LogP contribution in [0.1, 0.15) is 72.1 Å². The van der Waals surface area contributed by atoms with E-state index in [2.05, 4.69) is 20.8 Å². The topological polar surface area (TPSA) is 37.3 Å². The maximum Gasteiger partial charge on any atom is 0.155 e. The first-order chi connectivity index (χ1) is 11.9. The molecule has 2 nitrogen and oxygen atoms in total. The average molecular weight is 343 g/mol. The molecule has 5 aliphatic rings. The van der Waals surface area contributed by atoms with Crippen LogP contribution in [0.2, 0.25) is 0 Å². The van der Waals surface area contributed by atoms with E-state index in [-0.39, 0.29) is 11.5 Å². The summed E-state index contributed by atoms with van der Waals surface area (Å²) in [5.74, 6) is 4.97. The molecule has 2 heteroatoms. The molecule has 0 aromatic heterocycles. The second-order valence-electron chi connectivity index (χ2n) is 10.4. The van der Waals surface area contributed by atoms with Gasteiger partial charge in [-0.05, 0) is 91.9 Å². The zero-order valence-corrected chi connectivity index (χ0v) is 16.1. The van der Waals surface area contributed by atoms with Gasteiger partial charge in [0, 0.05) is 11.8 Å². The summed E-state index contributed by atoms with van der Waals surface area (Å²) in [6, 6.07) is 0. The van der Waals surface area contributed by atoms with Gasteiger partial charge in [-0.1, -0.05) is 26.3 Å². The van der Waals surface area contributed by atoms with E-state index in [0.717, 1.165) is 49.4 Å². The number of hydrogen-bond acceptors (Lipinski definition) is 2.